The highest BCUT2D eigenvalue weighted by molar-refractivity contribution is 5.85. The summed E-state index contributed by atoms with van der Waals surface area (Å²) in [6.07, 6.45) is 6.77. The van der Waals surface area contributed by atoms with Crippen LogP contribution in [0.5, 0.6) is 0 Å². The Bertz CT molecular complexity index is 1430. The first-order valence-electron chi connectivity index (χ1n) is 12.2. The molecule has 4 aromatic carbocycles. The molecule has 0 radical (unpaired) electrons. The van der Waals surface area contributed by atoms with E-state index in [0.29, 0.717) is 5.39 Å². The summed E-state index contributed by atoms with van der Waals surface area (Å²) in [5.74, 6) is 12.7. The fourth-order valence-electron chi connectivity index (χ4n) is 3.92. The van der Waals surface area contributed by atoms with Crippen LogP contribution in [0, 0.1) is 29.5 Å². The third-order valence-electron chi connectivity index (χ3n) is 6.01. The van der Waals surface area contributed by atoms with Crippen LogP contribution in [0.1, 0.15) is 59.6 Å². The van der Waals surface area contributed by atoms with Crippen molar-refractivity contribution in [3.63, 3.8) is 0 Å². The maximum atomic E-state index is 14.8. The van der Waals surface area contributed by atoms with Gasteiger partial charge in [-0.15, -0.1) is 6.58 Å². The summed E-state index contributed by atoms with van der Waals surface area (Å²) >= 11 is 0. The van der Waals surface area contributed by atoms with E-state index in [9.17, 15) is 4.39 Å². The smallest absolute Gasteiger partial charge is 0.134 e. The van der Waals surface area contributed by atoms with Crippen LogP contribution in [-0.2, 0) is 12.8 Å². The third kappa shape index (κ3) is 6.50. The van der Waals surface area contributed by atoms with Crippen LogP contribution in [0.25, 0.3) is 10.8 Å². The number of hydrogen-bond acceptors (Lipinski definition) is 0. The van der Waals surface area contributed by atoms with Gasteiger partial charge in [-0.25, -0.2) is 4.39 Å². The van der Waals surface area contributed by atoms with Crippen LogP contribution in [0.15, 0.2) is 91.5 Å². The summed E-state index contributed by atoms with van der Waals surface area (Å²) < 4.78 is 14.8. The van der Waals surface area contributed by atoms with Crippen molar-refractivity contribution in [2.24, 2.45) is 0 Å². The highest BCUT2D eigenvalue weighted by atomic mass is 19.1. The van der Waals surface area contributed by atoms with E-state index in [-0.39, 0.29) is 5.82 Å². The minimum Gasteiger partial charge on any atom is -0.206 e. The molecular weight excluding hydrogens is 427 g/mol. The zero-order valence-corrected chi connectivity index (χ0v) is 20.2. The molecule has 0 amide bonds. The van der Waals surface area contributed by atoms with Crippen molar-refractivity contribution in [3.05, 3.63) is 131 Å². The second-order valence-electron chi connectivity index (χ2n) is 8.68. The van der Waals surface area contributed by atoms with Crippen LogP contribution in [0.2, 0.25) is 0 Å². The molecule has 0 bridgehead atoms. The van der Waals surface area contributed by atoms with Crippen LogP contribution in [0.3, 0.4) is 0 Å². The molecule has 0 atom stereocenters. The molecule has 0 aliphatic rings. The third-order valence-corrected chi connectivity index (χ3v) is 6.01. The molecule has 0 saturated heterocycles. The van der Waals surface area contributed by atoms with E-state index in [0.717, 1.165) is 65.3 Å². The Morgan fingerprint density at radius 1 is 0.714 bits per heavy atom. The minimum atomic E-state index is -0.101. The molecule has 0 saturated carbocycles. The summed E-state index contributed by atoms with van der Waals surface area (Å²) in [4.78, 5) is 0. The van der Waals surface area contributed by atoms with Gasteiger partial charge in [-0.2, -0.15) is 0 Å². The Morgan fingerprint density at radius 2 is 1.29 bits per heavy atom. The fourth-order valence-corrected chi connectivity index (χ4v) is 3.92. The molecule has 4 aromatic rings. The highest BCUT2D eigenvalue weighted by Gasteiger charge is 2.07. The van der Waals surface area contributed by atoms with Crippen LogP contribution in [0.4, 0.5) is 4.39 Å². The lowest BCUT2D eigenvalue weighted by Crippen LogP contribution is -1.92. The number of halogens is 1. The first-order valence-corrected chi connectivity index (χ1v) is 12.2. The SMILES string of the molecule is C=CCCc1ccc(C#Cc2ccc(C#Cc3ccc4c(F)c(CCCC)ccc4c3)cc2)cc1. The molecule has 0 heterocycles. The van der Waals surface area contributed by atoms with Crippen molar-refractivity contribution in [2.75, 3.05) is 0 Å². The van der Waals surface area contributed by atoms with Crippen molar-refractivity contribution in [3.8, 4) is 23.7 Å². The number of allylic oxidation sites excluding steroid dienone is 1. The monoisotopic (exact) mass is 456 g/mol. The maximum absolute atomic E-state index is 14.8. The van der Waals surface area contributed by atoms with E-state index in [1.807, 2.05) is 60.7 Å². The van der Waals surface area contributed by atoms with E-state index in [4.69, 9.17) is 0 Å². The standard InChI is InChI=1S/C34H29F/c1-3-5-7-26-9-11-27(12-10-26)13-14-28-15-17-29(18-16-28)19-20-30-21-24-33-32(25-30)23-22-31(34(33)35)8-6-4-2/h3,9-12,15-18,21-25H,1,4-8H2,2H3. The second kappa shape index (κ2) is 11.9. The van der Waals surface area contributed by atoms with Crippen molar-refractivity contribution in [1.29, 1.82) is 0 Å². The predicted molar refractivity (Wildman–Crippen MR) is 146 cm³/mol. The van der Waals surface area contributed by atoms with E-state index < -0.39 is 0 Å². The topological polar surface area (TPSA) is 0 Å². The average Bonchev–Trinajstić information content (AvgIpc) is 2.90. The number of unbranched alkanes of at least 4 members (excludes halogenated alkanes) is 1. The summed E-state index contributed by atoms with van der Waals surface area (Å²) in [7, 11) is 0. The number of hydrogen-bond donors (Lipinski definition) is 0. The van der Waals surface area contributed by atoms with Gasteiger partial charge in [0.15, 0.2) is 0 Å². The Hall–Kier alpha value is -4.07. The van der Waals surface area contributed by atoms with Gasteiger partial charge in [0.2, 0.25) is 0 Å². The van der Waals surface area contributed by atoms with Gasteiger partial charge < -0.3 is 0 Å². The zero-order chi connectivity index (χ0) is 24.5. The van der Waals surface area contributed by atoms with Crippen molar-refractivity contribution in [1.82, 2.24) is 0 Å². The number of benzene rings is 4. The van der Waals surface area contributed by atoms with Gasteiger partial charge in [0.05, 0.1) is 0 Å². The quantitative estimate of drug-likeness (QED) is 0.202. The normalized spacial score (nSPS) is 10.2. The van der Waals surface area contributed by atoms with E-state index in [1.165, 1.54) is 5.56 Å². The number of fused-ring (bicyclic) bond motifs is 1. The number of aryl methyl sites for hydroxylation is 2. The lowest BCUT2D eigenvalue weighted by Gasteiger charge is -2.06. The van der Waals surface area contributed by atoms with Crippen molar-refractivity contribution >= 4 is 10.8 Å². The Morgan fingerprint density at radius 3 is 1.89 bits per heavy atom. The Balaban J connectivity index is 1.44. The number of rotatable bonds is 6. The molecule has 0 fully saturated rings. The van der Waals surface area contributed by atoms with Crippen LogP contribution >= 0.6 is 0 Å². The van der Waals surface area contributed by atoms with E-state index >= 15 is 0 Å². The van der Waals surface area contributed by atoms with Gasteiger partial charge in [-0.05, 0) is 90.7 Å². The molecule has 0 N–H and O–H groups in total. The zero-order valence-electron chi connectivity index (χ0n) is 20.2. The molecule has 0 aliphatic carbocycles. The van der Waals surface area contributed by atoms with E-state index in [2.05, 4.69) is 61.4 Å². The molecule has 172 valence electrons. The predicted octanol–water partition coefficient (Wildman–Crippen LogP) is 8.24. The molecule has 0 aromatic heterocycles. The van der Waals surface area contributed by atoms with Gasteiger partial charge in [-0.1, -0.05) is 73.4 Å². The van der Waals surface area contributed by atoms with Gasteiger partial charge in [0.25, 0.3) is 0 Å². The molecule has 1 heteroatoms. The highest BCUT2D eigenvalue weighted by Crippen LogP contribution is 2.23. The molecule has 0 nitrogen and oxygen atoms in total. The summed E-state index contributed by atoms with van der Waals surface area (Å²) in [5, 5.41) is 1.55. The second-order valence-corrected chi connectivity index (χ2v) is 8.68. The summed E-state index contributed by atoms with van der Waals surface area (Å²) in [6.45, 7) is 5.89. The first-order chi connectivity index (χ1) is 17.2. The summed E-state index contributed by atoms with van der Waals surface area (Å²) in [5.41, 5.74) is 5.84. The van der Waals surface area contributed by atoms with Crippen molar-refractivity contribution < 1.29 is 4.39 Å². The average molecular weight is 457 g/mol. The minimum absolute atomic E-state index is 0.101. The van der Waals surface area contributed by atoms with Gasteiger partial charge in [0, 0.05) is 27.6 Å². The van der Waals surface area contributed by atoms with E-state index in [1.54, 1.807) is 0 Å². The first kappa shape index (κ1) is 24.1. The Kier molecular flexibility index (Phi) is 8.17. The van der Waals surface area contributed by atoms with Crippen molar-refractivity contribution in [2.45, 2.75) is 39.0 Å². The molecule has 4 rings (SSSR count). The molecule has 0 aliphatic heterocycles. The molecule has 0 unspecified atom stereocenters. The lowest BCUT2D eigenvalue weighted by molar-refractivity contribution is 0.614. The molecule has 0 spiro atoms. The van der Waals surface area contributed by atoms with Gasteiger partial charge >= 0.3 is 0 Å². The largest absolute Gasteiger partial charge is 0.206 e. The van der Waals surface area contributed by atoms with Crippen LogP contribution in [-0.4, -0.2) is 0 Å². The fraction of sp³-hybridized carbons (Fsp3) is 0.176. The molecule has 35 heavy (non-hydrogen) atoms. The van der Waals surface area contributed by atoms with Crippen LogP contribution < -0.4 is 0 Å². The van der Waals surface area contributed by atoms with Gasteiger partial charge in [0.1, 0.15) is 5.82 Å². The Labute approximate surface area is 208 Å². The maximum Gasteiger partial charge on any atom is 0.134 e. The molecular formula is C34H29F. The van der Waals surface area contributed by atoms with Gasteiger partial charge in [-0.3, -0.25) is 0 Å². The summed E-state index contributed by atoms with van der Waals surface area (Å²) in [6, 6.07) is 25.9. The lowest BCUT2D eigenvalue weighted by atomic mass is 10.0.